The van der Waals surface area contributed by atoms with Gasteiger partial charge in [-0.3, -0.25) is 4.79 Å². The van der Waals surface area contributed by atoms with Crippen LogP contribution in [0.2, 0.25) is 0 Å². The highest BCUT2D eigenvalue weighted by Crippen LogP contribution is 2.66. The molecule has 0 aromatic heterocycles. The van der Waals surface area contributed by atoms with E-state index in [1.54, 1.807) is 0 Å². The predicted octanol–water partition coefficient (Wildman–Crippen LogP) is 4.58. The summed E-state index contributed by atoms with van der Waals surface area (Å²) in [4.78, 5) is 18.5. The van der Waals surface area contributed by atoms with Crippen molar-refractivity contribution in [1.29, 1.82) is 0 Å². The molecule has 0 amide bonds. The minimum absolute atomic E-state index is 0.00543. The number of hydrogen-bond donors (Lipinski definition) is 1. The van der Waals surface area contributed by atoms with Gasteiger partial charge in [-0.05, 0) is 86.5 Å². The van der Waals surface area contributed by atoms with Gasteiger partial charge >= 0.3 is 0 Å². The summed E-state index contributed by atoms with van der Waals surface area (Å²) in [7, 11) is 0. The highest BCUT2D eigenvalue weighted by Gasteiger charge is 2.61. The van der Waals surface area contributed by atoms with Crippen LogP contribution in [-0.2, 0) is 9.63 Å². The number of oxime groups is 1. The number of carbonyl (C=O) groups is 1. The van der Waals surface area contributed by atoms with Gasteiger partial charge in [-0.15, -0.1) is 0 Å². The Morgan fingerprint density at radius 2 is 1.93 bits per heavy atom. The maximum absolute atomic E-state index is 12.6. The average Bonchev–Trinajstić information content (AvgIpc) is 3.29. The molecule has 4 saturated carbocycles. The third kappa shape index (κ3) is 2.80. The molecule has 1 saturated heterocycles. The summed E-state index contributed by atoms with van der Waals surface area (Å²) in [6, 6.07) is 0. The minimum atomic E-state index is -0.00543. The Labute approximate surface area is 170 Å². The molecule has 1 unspecified atom stereocenters. The molecule has 5 fully saturated rings. The van der Waals surface area contributed by atoms with Crippen LogP contribution in [0.25, 0.3) is 0 Å². The fourth-order valence-corrected chi connectivity index (χ4v) is 8.25. The van der Waals surface area contributed by atoms with Gasteiger partial charge in [0.1, 0.15) is 11.9 Å². The Balaban J connectivity index is 1.34. The number of nitrogens with zero attached hydrogens (tertiary/aromatic N) is 1. The normalized spacial score (nSPS) is 52.2. The molecule has 4 nitrogen and oxygen atoms in total. The SMILES string of the molecule is C[C@H]1C[C@@H]2[C@H](CC[C@]3(C)C(=O)CC[C@@H]23)[C@@]2(C)CC/C(=N\O[C@@H]3CCNC3)CC12. The topological polar surface area (TPSA) is 50.7 Å². The summed E-state index contributed by atoms with van der Waals surface area (Å²) < 4.78 is 0. The monoisotopic (exact) mass is 386 g/mol. The molecule has 0 bridgehead atoms. The molecule has 1 aliphatic heterocycles. The number of hydrogen-bond acceptors (Lipinski definition) is 4. The van der Waals surface area contributed by atoms with Crippen LogP contribution >= 0.6 is 0 Å². The molecule has 0 radical (unpaired) electrons. The lowest BCUT2D eigenvalue weighted by Gasteiger charge is -2.61. The van der Waals surface area contributed by atoms with Crippen LogP contribution in [0.15, 0.2) is 5.16 Å². The smallest absolute Gasteiger partial charge is 0.141 e. The molecule has 5 aliphatic rings. The molecule has 5 rings (SSSR count). The van der Waals surface area contributed by atoms with Crippen LogP contribution in [0.1, 0.15) is 78.6 Å². The lowest BCUT2D eigenvalue weighted by atomic mass is 9.43. The summed E-state index contributed by atoms with van der Waals surface area (Å²) in [6.07, 6.45) is 10.5. The molecular weight excluding hydrogens is 348 g/mol. The predicted molar refractivity (Wildman–Crippen MR) is 111 cm³/mol. The fraction of sp³-hybridized carbons (Fsp3) is 0.917. The van der Waals surface area contributed by atoms with E-state index in [4.69, 9.17) is 4.84 Å². The van der Waals surface area contributed by atoms with Gasteiger partial charge in [-0.1, -0.05) is 25.9 Å². The number of rotatable bonds is 2. The van der Waals surface area contributed by atoms with E-state index in [0.29, 0.717) is 17.1 Å². The van der Waals surface area contributed by atoms with Crippen molar-refractivity contribution in [3.8, 4) is 0 Å². The van der Waals surface area contributed by atoms with Gasteiger partial charge < -0.3 is 10.2 Å². The summed E-state index contributed by atoms with van der Waals surface area (Å²) in [5.41, 5.74) is 1.72. The van der Waals surface area contributed by atoms with E-state index in [1.165, 1.54) is 25.0 Å². The molecule has 4 heteroatoms. The van der Waals surface area contributed by atoms with E-state index in [-0.39, 0.29) is 11.5 Å². The highest BCUT2D eigenvalue weighted by molar-refractivity contribution is 5.87. The first-order chi connectivity index (χ1) is 13.4. The zero-order valence-electron chi connectivity index (χ0n) is 18.0. The first kappa shape index (κ1) is 19.1. The highest BCUT2D eigenvalue weighted by atomic mass is 16.6. The Hall–Kier alpha value is -0.900. The zero-order chi connectivity index (χ0) is 19.5. The van der Waals surface area contributed by atoms with E-state index in [2.05, 4.69) is 31.2 Å². The third-order valence-corrected chi connectivity index (χ3v) is 9.92. The first-order valence-corrected chi connectivity index (χ1v) is 11.9. The van der Waals surface area contributed by atoms with Crippen molar-refractivity contribution in [2.24, 2.45) is 45.6 Å². The minimum Gasteiger partial charge on any atom is -0.391 e. The van der Waals surface area contributed by atoms with Crippen molar-refractivity contribution in [2.45, 2.75) is 84.7 Å². The molecule has 0 aromatic rings. The molecule has 1 heterocycles. The molecule has 4 aliphatic carbocycles. The van der Waals surface area contributed by atoms with Gasteiger partial charge in [0.2, 0.25) is 0 Å². The number of ketones is 1. The van der Waals surface area contributed by atoms with E-state index >= 15 is 0 Å². The number of carbonyl (C=O) groups excluding carboxylic acids is 1. The lowest BCUT2D eigenvalue weighted by molar-refractivity contribution is -0.141. The molecule has 0 spiro atoms. The van der Waals surface area contributed by atoms with Gasteiger partial charge in [0.05, 0.1) is 5.71 Å². The van der Waals surface area contributed by atoms with Crippen molar-refractivity contribution < 1.29 is 9.63 Å². The van der Waals surface area contributed by atoms with Crippen molar-refractivity contribution >= 4 is 11.5 Å². The van der Waals surface area contributed by atoms with Gasteiger partial charge in [-0.2, -0.15) is 0 Å². The van der Waals surface area contributed by atoms with Crippen LogP contribution < -0.4 is 5.32 Å². The molecular formula is C24H38N2O2. The maximum Gasteiger partial charge on any atom is 0.141 e. The molecule has 8 atom stereocenters. The second-order valence-corrected chi connectivity index (χ2v) is 11.2. The largest absolute Gasteiger partial charge is 0.391 e. The summed E-state index contributed by atoms with van der Waals surface area (Å²) in [6.45, 7) is 9.36. The van der Waals surface area contributed by atoms with Gasteiger partial charge in [0, 0.05) is 24.8 Å². The Bertz CT molecular complexity index is 670. The van der Waals surface area contributed by atoms with E-state index < -0.39 is 0 Å². The van der Waals surface area contributed by atoms with Gasteiger partial charge in [0.25, 0.3) is 0 Å². The quantitative estimate of drug-likeness (QED) is 0.707. The summed E-state index contributed by atoms with van der Waals surface area (Å²) in [5.74, 6) is 4.23. The van der Waals surface area contributed by atoms with Gasteiger partial charge in [-0.25, -0.2) is 0 Å². The van der Waals surface area contributed by atoms with E-state index in [0.717, 1.165) is 75.3 Å². The summed E-state index contributed by atoms with van der Waals surface area (Å²) >= 11 is 0. The first-order valence-electron chi connectivity index (χ1n) is 11.9. The van der Waals surface area contributed by atoms with Crippen LogP contribution in [0.3, 0.4) is 0 Å². The van der Waals surface area contributed by atoms with Gasteiger partial charge in [0.15, 0.2) is 0 Å². The molecule has 156 valence electrons. The summed E-state index contributed by atoms with van der Waals surface area (Å²) in [5, 5.41) is 7.99. The van der Waals surface area contributed by atoms with Crippen LogP contribution in [0, 0.1) is 40.4 Å². The Morgan fingerprint density at radius 3 is 2.71 bits per heavy atom. The zero-order valence-corrected chi connectivity index (χ0v) is 18.0. The lowest BCUT2D eigenvalue weighted by Crippen LogP contribution is -2.56. The maximum atomic E-state index is 12.6. The van der Waals surface area contributed by atoms with Crippen molar-refractivity contribution in [1.82, 2.24) is 5.32 Å². The molecule has 1 N–H and O–H groups in total. The number of nitrogens with one attached hydrogen (secondary N) is 1. The van der Waals surface area contributed by atoms with Crippen LogP contribution in [-0.4, -0.2) is 30.7 Å². The third-order valence-electron chi connectivity index (χ3n) is 9.92. The second kappa shape index (κ2) is 6.82. The number of Topliss-reactive ketones (excluding diaryl/α,β-unsaturated/α-hetero) is 1. The number of fused-ring (bicyclic) bond motifs is 5. The van der Waals surface area contributed by atoms with E-state index in [1.807, 2.05) is 0 Å². The standard InChI is InChI=1S/C24H38N2O2/c1-15-12-18-19-4-5-22(27)24(19,3)10-7-20(18)23(2)9-6-16(13-21(15)23)26-28-17-8-11-25-14-17/h15,17-21,25H,4-14H2,1-3H3/b26-16+/t15-,17+,18-,19-,20-,21?,23+,24-/m0/s1. The fourth-order valence-electron chi connectivity index (χ4n) is 8.25. The van der Waals surface area contributed by atoms with Crippen LogP contribution in [0.4, 0.5) is 0 Å². The molecule has 28 heavy (non-hydrogen) atoms. The Morgan fingerprint density at radius 1 is 1.07 bits per heavy atom. The van der Waals surface area contributed by atoms with Crippen molar-refractivity contribution in [3.63, 3.8) is 0 Å². The van der Waals surface area contributed by atoms with Crippen molar-refractivity contribution in [2.75, 3.05) is 13.1 Å². The van der Waals surface area contributed by atoms with Crippen LogP contribution in [0.5, 0.6) is 0 Å². The second-order valence-electron chi connectivity index (χ2n) is 11.2. The average molecular weight is 387 g/mol. The molecule has 0 aromatic carbocycles. The Kier molecular flexibility index (Phi) is 4.65. The van der Waals surface area contributed by atoms with E-state index in [9.17, 15) is 4.79 Å². The van der Waals surface area contributed by atoms with Crippen molar-refractivity contribution in [3.05, 3.63) is 0 Å².